The van der Waals surface area contributed by atoms with E-state index in [-0.39, 0.29) is 50.6 Å². The van der Waals surface area contributed by atoms with Crippen molar-refractivity contribution >= 4 is 37.1 Å². The SMILES string of the molecule is CC1=N\O[B-](F)(F)O/N=C(C)/C(C)=N/O[B-](F)(F)O\N=C\1C.O.O.[Co+2]. The van der Waals surface area contributed by atoms with Gasteiger partial charge in [0.2, 0.25) is 0 Å². The first kappa shape index (κ1) is 28.0. The summed E-state index contributed by atoms with van der Waals surface area (Å²) >= 11 is 0. The third kappa shape index (κ3) is 9.90. The average molecular weight is 421 g/mol. The first-order chi connectivity index (χ1) is 10.0. The zero-order chi connectivity index (χ0) is 17.0. The summed E-state index contributed by atoms with van der Waals surface area (Å²) in [5.41, 5.74) is -0.966. The van der Waals surface area contributed by atoms with Gasteiger partial charge >= 0.3 is 31.0 Å². The van der Waals surface area contributed by atoms with Crippen LogP contribution < -0.4 is 0 Å². The molecule has 0 amide bonds. The molecule has 0 bridgehead atoms. The van der Waals surface area contributed by atoms with Gasteiger partial charge in [0, 0.05) is 0 Å². The molecule has 1 aliphatic rings. The molecule has 0 atom stereocenters. The summed E-state index contributed by atoms with van der Waals surface area (Å²) in [5, 5.41) is 12.1. The van der Waals surface area contributed by atoms with Gasteiger partial charge in [0.05, 0.1) is 22.8 Å². The minimum Gasteiger partial charge on any atom is -0.519 e. The Bertz CT molecular complexity index is 471. The van der Waals surface area contributed by atoms with Gasteiger partial charge < -0.3 is 47.2 Å². The molecule has 25 heavy (non-hydrogen) atoms. The molecule has 0 aromatic carbocycles. The number of oxime groups is 4. The van der Waals surface area contributed by atoms with Crippen molar-refractivity contribution in [3.05, 3.63) is 0 Å². The summed E-state index contributed by atoms with van der Waals surface area (Å²) < 4.78 is 68.5. The second kappa shape index (κ2) is 10.9. The summed E-state index contributed by atoms with van der Waals surface area (Å²) in [7, 11) is -9.71. The van der Waals surface area contributed by atoms with E-state index in [4.69, 9.17) is 0 Å². The molecule has 0 aromatic rings. The van der Waals surface area contributed by atoms with Crippen LogP contribution in [0.2, 0.25) is 0 Å². The van der Waals surface area contributed by atoms with Crippen LogP contribution in [0, 0.1) is 0 Å². The number of nitrogens with zero attached hydrogens (tertiary/aromatic N) is 4. The van der Waals surface area contributed by atoms with Crippen molar-refractivity contribution in [1.82, 2.24) is 0 Å². The largest absolute Gasteiger partial charge is 2.00 e. The van der Waals surface area contributed by atoms with Crippen LogP contribution in [0.5, 0.6) is 0 Å². The summed E-state index contributed by atoms with van der Waals surface area (Å²) in [6.45, 7) is 4.73. The van der Waals surface area contributed by atoms with Crippen LogP contribution in [0.4, 0.5) is 17.3 Å². The smallest absolute Gasteiger partial charge is 0.519 e. The minimum atomic E-state index is -4.85. The molecule has 0 unspecified atom stereocenters. The van der Waals surface area contributed by atoms with Crippen LogP contribution in [0.1, 0.15) is 27.7 Å². The van der Waals surface area contributed by atoms with E-state index in [0.29, 0.717) is 0 Å². The molecule has 1 aliphatic heterocycles. The summed E-state index contributed by atoms with van der Waals surface area (Å²) in [6.07, 6.45) is 0. The number of hydrogen-bond acceptors (Lipinski definition) is 8. The van der Waals surface area contributed by atoms with Crippen molar-refractivity contribution in [1.29, 1.82) is 0 Å². The number of hydrogen-bond donors (Lipinski definition) is 0. The van der Waals surface area contributed by atoms with E-state index >= 15 is 0 Å². The molecule has 1 radical (unpaired) electrons. The van der Waals surface area contributed by atoms with E-state index < -0.39 is 14.2 Å². The van der Waals surface area contributed by atoms with Crippen LogP contribution in [0.3, 0.4) is 0 Å². The monoisotopic (exact) mass is 421 g/mol. The van der Waals surface area contributed by atoms with E-state index in [1.165, 1.54) is 27.7 Å². The third-order valence-corrected chi connectivity index (χ3v) is 2.30. The Labute approximate surface area is 150 Å². The molecule has 0 fully saturated rings. The van der Waals surface area contributed by atoms with Crippen molar-refractivity contribution in [2.24, 2.45) is 20.6 Å². The maximum Gasteiger partial charge on any atom is 2.00 e. The quantitative estimate of drug-likeness (QED) is 0.418. The van der Waals surface area contributed by atoms with Gasteiger partial charge in [0.15, 0.2) is 0 Å². The molecule has 1 heterocycles. The molecule has 0 saturated carbocycles. The zero-order valence-corrected chi connectivity index (χ0v) is 14.5. The average Bonchev–Trinajstić information content (AvgIpc) is 2.45. The Morgan fingerprint density at radius 1 is 0.560 bits per heavy atom. The molecule has 147 valence electrons. The first-order valence-corrected chi connectivity index (χ1v) is 5.94. The van der Waals surface area contributed by atoms with Gasteiger partial charge in [0.25, 0.3) is 0 Å². The van der Waals surface area contributed by atoms with Gasteiger partial charge in [0.1, 0.15) is 0 Å². The molecule has 0 saturated heterocycles. The van der Waals surface area contributed by atoms with Crippen LogP contribution >= 0.6 is 0 Å². The van der Waals surface area contributed by atoms with Gasteiger partial charge in [-0.1, -0.05) is 0 Å². The van der Waals surface area contributed by atoms with E-state index in [9.17, 15) is 17.3 Å². The molecule has 1 rings (SSSR count). The second-order valence-corrected chi connectivity index (χ2v) is 4.20. The van der Waals surface area contributed by atoms with Crippen LogP contribution in [-0.2, 0) is 35.8 Å². The Hall–Kier alpha value is -1.84. The van der Waals surface area contributed by atoms with E-state index in [2.05, 4.69) is 39.6 Å². The fraction of sp³-hybridized carbons (Fsp3) is 0.500. The number of rotatable bonds is 0. The Morgan fingerprint density at radius 2 is 0.720 bits per heavy atom. The fourth-order valence-electron chi connectivity index (χ4n) is 0.864. The van der Waals surface area contributed by atoms with Crippen LogP contribution in [0.25, 0.3) is 0 Å². The van der Waals surface area contributed by atoms with E-state index in [1.54, 1.807) is 0 Å². The predicted octanol–water partition coefficient (Wildman–Crippen LogP) is 0.667. The summed E-state index contributed by atoms with van der Waals surface area (Å²) in [5.74, 6) is 0. The van der Waals surface area contributed by atoms with Crippen molar-refractivity contribution < 1.29 is 64.0 Å². The molecule has 0 aliphatic carbocycles. The van der Waals surface area contributed by atoms with Crippen LogP contribution in [-0.4, -0.2) is 48.0 Å². The van der Waals surface area contributed by atoms with Gasteiger partial charge in [-0.05, 0) is 27.7 Å². The third-order valence-electron chi connectivity index (χ3n) is 2.30. The van der Waals surface area contributed by atoms with Crippen molar-refractivity contribution in [3.8, 4) is 0 Å². The normalized spacial score (nSPS) is 27.8. The fourth-order valence-corrected chi connectivity index (χ4v) is 0.864. The molecule has 10 nitrogen and oxygen atoms in total. The van der Waals surface area contributed by atoms with E-state index in [1.807, 2.05) is 0 Å². The maximum atomic E-state index is 13.2. The predicted molar refractivity (Wildman–Crippen MR) is 79.9 cm³/mol. The Morgan fingerprint density at radius 3 is 0.880 bits per heavy atom. The topological polar surface area (TPSA) is 149 Å². The van der Waals surface area contributed by atoms with Gasteiger partial charge in [-0.25, -0.2) is 0 Å². The maximum absolute atomic E-state index is 13.2. The van der Waals surface area contributed by atoms with Gasteiger partial charge in [-0.3, -0.25) is 0 Å². The number of halogens is 4. The Kier molecular flexibility index (Phi) is 12.2. The summed E-state index contributed by atoms with van der Waals surface area (Å²) in [4.78, 5) is 0. The zero-order valence-electron chi connectivity index (χ0n) is 13.4. The second-order valence-electron chi connectivity index (χ2n) is 4.20. The minimum absolute atomic E-state index is 0. The van der Waals surface area contributed by atoms with Crippen LogP contribution in [0.15, 0.2) is 20.6 Å². The molecule has 4 N–H and O–H groups in total. The summed E-state index contributed by atoms with van der Waals surface area (Å²) in [6, 6.07) is 0. The molecule has 17 heteroatoms. The molecular weight excluding hydrogens is 405 g/mol. The van der Waals surface area contributed by atoms with Gasteiger partial charge in [-0.2, -0.15) is 0 Å². The molecule has 0 aromatic heterocycles. The Balaban J connectivity index is -0.00000161. The molecule has 0 spiro atoms. The van der Waals surface area contributed by atoms with E-state index in [0.717, 1.165) is 0 Å². The van der Waals surface area contributed by atoms with Crippen molar-refractivity contribution in [3.63, 3.8) is 0 Å². The standard InChI is InChI=1S/C8H12B2F4N4O4.Co.2H2O/c1-5-6(2)16-20-10(13,14)22-18-8(4)7(3)17-21-9(11,12)19-15-5;;;/h1-4H3;;2*1H2/q-2;+2;;/b15-5+,16-6+,17-7+,18-8+;;;. The van der Waals surface area contributed by atoms with Crippen molar-refractivity contribution in [2.45, 2.75) is 27.7 Å². The van der Waals surface area contributed by atoms with Crippen molar-refractivity contribution in [2.75, 3.05) is 0 Å². The molecular formula is C8H16B2CoF4N4O6. The first-order valence-electron chi connectivity index (χ1n) is 5.94. The van der Waals surface area contributed by atoms with Gasteiger partial charge in [-0.15, -0.1) is 20.6 Å².